The summed E-state index contributed by atoms with van der Waals surface area (Å²) in [6.07, 6.45) is 3.90. The standard InChI is InChI=1S/C17H14Cl2FN5O3/c1-9(25-7-11(5-21-25)17(27)28)16(26)22-15-14(19)8-24(23-15)6-10-2-3-12(20)4-13(10)18/h2-5,7-9H,6H2,1H3,(H,27,28)(H,22,23,26). The van der Waals surface area contributed by atoms with Crippen molar-refractivity contribution in [3.05, 3.63) is 63.8 Å². The fourth-order valence-corrected chi connectivity index (χ4v) is 2.81. The number of aromatic nitrogens is 4. The molecule has 0 radical (unpaired) electrons. The van der Waals surface area contributed by atoms with E-state index in [9.17, 15) is 14.0 Å². The molecule has 8 nitrogen and oxygen atoms in total. The summed E-state index contributed by atoms with van der Waals surface area (Å²) in [7, 11) is 0. The molecule has 0 bridgehead atoms. The number of hydrogen-bond acceptors (Lipinski definition) is 4. The molecule has 1 atom stereocenters. The highest BCUT2D eigenvalue weighted by Crippen LogP contribution is 2.23. The van der Waals surface area contributed by atoms with Gasteiger partial charge in [-0.1, -0.05) is 29.3 Å². The smallest absolute Gasteiger partial charge is 0.338 e. The van der Waals surface area contributed by atoms with E-state index in [1.165, 1.54) is 40.0 Å². The lowest BCUT2D eigenvalue weighted by Crippen LogP contribution is -2.24. The number of carboxylic acids is 1. The Kier molecular flexibility index (Phi) is 5.66. The highest BCUT2D eigenvalue weighted by Gasteiger charge is 2.20. The molecular weight excluding hydrogens is 412 g/mol. The molecule has 3 rings (SSSR count). The molecule has 3 aromatic rings. The topological polar surface area (TPSA) is 102 Å². The maximum atomic E-state index is 13.1. The van der Waals surface area contributed by atoms with Gasteiger partial charge in [0.05, 0.1) is 18.3 Å². The number of amides is 1. The Morgan fingerprint density at radius 2 is 2.04 bits per heavy atom. The fraction of sp³-hybridized carbons (Fsp3) is 0.176. The Morgan fingerprint density at radius 1 is 1.29 bits per heavy atom. The predicted octanol–water partition coefficient (Wildman–Crippen LogP) is 3.47. The van der Waals surface area contributed by atoms with Crippen molar-refractivity contribution in [3.63, 3.8) is 0 Å². The van der Waals surface area contributed by atoms with Gasteiger partial charge in [0.2, 0.25) is 5.91 Å². The second kappa shape index (κ2) is 7.99. The van der Waals surface area contributed by atoms with Gasteiger partial charge in [-0.25, -0.2) is 9.18 Å². The first-order chi connectivity index (χ1) is 13.2. The average Bonchev–Trinajstić information content (AvgIpc) is 3.24. The highest BCUT2D eigenvalue weighted by molar-refractivity contribution is 6.33. The van der Waals surface area contributed by atoms with Crippen molar-refractivity contribution in [1.82, 2.24) is 19.6 Å². The summed E-state index contributed by atoms with van der Waals surface area (Å²) in [5.41, 5.74) is 0.601. The average molecular weight is 426 g/mol. The number of nitrogens with one attached hydrogen (secondary N) is 1. The Hall–Kier alpha value is -2.91. The molecule has 0 fully saturated rings. The van der Waals surface area contributed by atoms with Gasteiger partial charge in [-0.15, -0.1) is 0 Å². The number of benzene rings is 1. The third-order valence-corrected chi connectivity index (χ3v) is 4.56. The zero-order valence-electron chi connectivity index (χ0n) is 14.4. The van der Waals surface area contributed by atoms with E-state index in [0.717, 1.165) is 6.20 Å². The summed E-state index contributed by atoms with van der Waals surface area (Å²) < 4.78 is 15.8. The lowest BCUT2D eigenvalue weighted by atomic mass is 10.2. The number of carbonyl (C=O) groups is 2. The van der Waals surface area contributed by atoms with E-state index in [1.807, 2.05) is 0 Å². The number of halogens is 3. The molecule has 0 saturated carbocycles. The minimum Gasteiger partial charge on any atom is -0.478 e. The monoisotopic (exact) mass is 425 g/mol. The second-order valence-corrected chi connectivity index (χ2v) is 6.75. The maximum absolute atomic E-state index is 13.1. The number of rotatable bonds is 6. The molecule has 0 aliphatic rings. The van der Waals surface area contributed by atoms with Crippen LogP contribution in [-0.4, -0.2) is 36.5 Å². The van der Waals surface area contributed by atoms with Gasteiger partial charge in [0.25, 0.3) is 0 Å². The molecule has 0 spiro atoms. The number of hydrogen-bond donors (Lipinski definition) is 2. The Balaban J connectivity index is 1.71. The molecule has 0 aliphatic carbocycles. The summed E-state index contributed by atoms with van der Waals surface area (Å²) in [6.45, 7) is 1.78. The van der Waals surface area contributed by atoms with Gasteiger partial charge in [-0.3, -0.25) is 14.2 Å². The van der Waals surface area contributed by atoms with E-state index in [2.05, 4.69) is 15.5 Å². The van der Waals surface area contributed by atoms with Gasteiger partial charge in [0, 0.05) is 17.4 Å². The van der Waals surface area contributed by atoms with Crippen molar-refractivity contribution in [2.45, 2.75) is 19.5 Å². The molecule has 1 unspecified atom stereocenters. The Bertz CT molecular complexity index is 1050. The molecule has 2 heterocycles. The third-order valence-electron chi connectivity index (χ3n) is 3.93. The lowest BCUT2D eigenvalue weighted by molar-refractivity contribution is -0.119. The zero-order chi connectivity index (χ0) is 20.4. The van der Waals surface area contributed by atoms with E-state index in [1.54, 1.807) is 6.92 Å². The van der Waals surface area contributed by atoms with Crippen LogP contribution in [0.5, 0.6) is 0 Å². The van der Waals surface area contributed by atoms with Gasteiger partial charge in [0.15, 0.2) is 5.82 Å². The second-order valence-electron chi connectivity index (χ2n) is 5.94. The van der Waals surface area contributed by atoms with E-state index < -0.39 is 23.7 Å². The first-order valence-electron chi connectivity index (χ1n) is 8.00. The van der Waals surface area contributed by atoms with E-state index in [0.29, 0.717) is 5.56 Å². The van der Waals surface area contributed by atoms with Crippen LogP contribution in [0.15, 0.2) is 36.8 Å². The van der Waals surface area contributed by atoms with Crippen LogP contribution in [-0.2, 0) is 11.3 Å². The van der Waals surface area contributed by atoms with Crippen LogP contribution < -0.4 is 5.32 Å². The van der Waals surface area contributed by atoms with E-state index >= 15 is 0 Å². The molecule has 11 heteroatoms. The largest absolute Gasteiger partial charge is 0.478 e. The maximum Gasteiger partial charge on any atom is 0.338 e. The van der Waals surface area contributed by atoms with Crippen LogP contribution in [0.2, 0.25) is 10.0 Å². The highest BCUT2D eigenvalue weighted by atomic mass is 35.5. The molecule has 2 aromatic heterocycles. The van der Waals surface area contributed by atoms with Crippen LogP contribution in [0, 0.1) is 5.82 Å². The first kappa shape index (κ1) is 19.8. The van der Waals surface area contributed by atoms with Crippen LogP contribution in [0.25, 0.3) is 0 Å². The minimum atomic E-state index is -1.14. The Labute approximate surface area is 168 Å². The molecule has 1 aromatic carbocycles. The van der Waals surface area contributed by atoms with Crippen LogP contribution >= 0.6 is 23.2 Å². The number of nitrogens with zero attached hydrogens (tertiary/aromatic N) is 4. The summed E-state index contributed by atoms with van der Waals surface area (Å²) in [5, 5.41) is 20.0. The number of aromatic carboxylic acids is 1. The normalized spacial score (nSPS) is 12.0. The molecule has 0 aliphatic heterocycles. The van der Waals surface area contributed by atoms with E-state index in [4.69, 9.17) is 28.3 Å². The molecule has 146 valence electrons. The van der Waals surface area contributed by atoms with Crippen molar-refractivity contribution >= 4 is 40.9 Å². The van der Waals surface area contributed by atoms with Crippen molar-refractivity contribution in [2.24, 2.45) is 0 Å². The van der Waals surface area contributed by atoms with Gasteiger partial charge in [-0.05, 0) is 24.6 Å². The van der Waals surface area contributed by atoms with Gasteiger partial charge in [0.1, 0.15) is 16.9 Å². The van der Waals surface area contributed by atoms with Crippen LogP contribution in [0.1, 0.15) is 28.9 Å². The zero-order valence-corrected chi connectivity index (χ0v) is 15.9. The predicted molar refractivity (Wildman–Crippen MR) is 100 cm³/mol. The van der Waals surface area contributed by atoms with Gasteiger partial charge in [-0.2, -0.15) is 10.2 Å². The molecular formula is C17H14Cl2FN5O3. The third kappa shape index (κ3) is 4.32. The number of carboxylic acid groups (broad SMARTS) is 1. The van der Waals surface area contributed by atoms with Crippen molar-refractivity contribution in [3.8, 4) is 0 Å². The summed E-state index contributed by atoms with van der Waals surface area (Å²) in [5.74, 6) is -1.94. The van der Waals surface area contributed by atoms with Crippen molar-refractivity contribution < 1.29 is 19.1 Å². The van der Waals surface area contributed by atoms with Crippen molar-refractivity contribution in [2.75, 3.05) is 5.32 Å². The molecule has 28 heavy (non-hydrogen) atoms. The summed E-state index contributed by atoms with van der Waals surface area (Å²) >= 11 is 12.1. The first-order valence-corrected chi connectivity index (χ1v) is 8.75. The van der Waals surface area contributed by atoms with Gasteiger partial charge >= 0.3 is 5.97 Å². The molecule has 1 amide bonds. The lowest BCUT2D eigenvalue weighted by Gasteiger charge is -2.11. The number of anilines is 1. The van der Waals surface area contributed by atoms with Crippen molar-refractivity contribution in [1.29, 1.82) is 0 Å². The minimum absolute atomic E-state index is 0.0295. The SMILES string of the molecule is CC(C(=O)Nc1nn(Cc2ccc(F)cc2Cl)cc1Cl)n1cc(C(=O)O)cn1. The fourth-order valence-electron chi connectivity index (χ4n) is 2.39. The summed E-state index contributed by atoms with van der Waals surface area (Å²) in [6, 6.07) is 3.22. The van der Waals surface area contributed by atoms with Gasteiger partial charge < -0.3 is 10.4 Å². The molecule has 0 saturated heterocycles. The van der Waals surface area contributed by atoms with E-state index in [-0.39, 0.29) is 28.0 Å². The summed E-state index contributed by atoms with van der Waals surface area (Å²) in [4.78, 5) is 23.3. The quantitative estimate of drug-likeness (QED) is 0.629. The number of carbonyl (C=O) groups excluding carboxylic acids is 1. The van der Waals surface area contributed by atoms with Crippen LogP contribution in [0.3, 0.4) is 0 Å². The Morgan fingerprint density at radius 3 is 2.68 bits per heavy atom. The molecule has 2 N–H and O–H groups in total. The van der Waals surface area contributed by atoms with Crippen LogP contribution in [0.4, 0.5) is 10.2 Å².